The Morgan fingerprint density at radius 1 is 1.17 bits per heavy atom. The first-order valence-electron chi connectivity index (χ1n) is 8.67. The molecule has 126 valence electrons. The van der Waals surface area contributed by atoms with Crippen LogP contribution in [-0.2, 0) is 24.3 Å². The van der Waals surface area contributed by atoms with E-state index in [9.17, 15) is 0 Å². The maximum Gasteiger partial charge on any atom is 0.171 e. The van der Waals surface area contributed by atoms with Crippen molar-refractivity contribution in [2.24, 2.45) is 0 Å². The molecule has 2 heterocycles. The Hall–Kier alpha value is -1.55. The van der Waals surface area contributed by atoms with Gasteiger partial charge in [-0.05, 0) is 59.7 Å². The van der Waals surface area contributed by atoms with Crippen molar-refractivity contribution in [1.29, 1.82) is 0 Å². The van der Waals surface area contributed by atoms with Crippen LogP contribution in [0.25, 0.3) is 11.1 Å². The zero-order valence-electron chi connectivity index (χ0n) is 13.9. The number of hydrogen-bond donors (Lipinski definition) is 0. The number of nitrogens with zero attached hydrogens (tertiary/aromatic N) is 1. The lowest BCUT2D eigenvalue weighted by Crippen LogP contribution is -2.38. The number of rotatable bonds is 2. The molecular weight excluding hydrogens is 322 g/mol. The van der Waals surface area contributed by atoms with E-state index in [1.807, 2.05) is 0 Å². The fourth-order valence-electron chi connectivity index (χ4n) is 4.60. The van der Waals surface area contributed by atoms with E-state index in [0.29, 0.717) is 12.6 Å². The van der Waals surface area contributed by atoms with Crippen LogP contribution < -0.4 is 4.89 Å². The minimum Gasteiger partial charge on any atom is -0.337 e. The van der Waals surface area contributed by atoms with Gasteiger partial charge in [-0.3, -0.25) is 4.90 Å². The molecule has 2 aromatic carbocycles. The van der Waals surface area contributed by atoms with Crippen molar-refractivity contribution in [3.05, 3.63) is 52.6 Å². The molecule has 24 heavy (non-hydrogen) atoms. The molecule has 0 spiro atoms. The lowest BCUT2D eigenvalue weighted by molar-refractivity contribution is -0.194. The summed E-state index contributed by atoms with van der Waals surface area (Å²) in [6.45, 7) is 5.21. The molecule has 1 aliphatic carbocycles. The van der Waals surface area contributed by atoms with Gasteiger partial charge < -0.3 is 4.89 Å². The van der Waals surface area contributed by atoms with Crippen LogP contribution in [0.2, 0.25) is 0 Å². The van der Waals surface area contributed by atoms with Crippen LogP contribution >= 0.6 is 12.4 Å². The molecule has 3 nitrogen and oxygen atoms in total. The summed E-state index contributed by atoms with van der Waals surface area (Å²) < 4.78 is 0. The van der Waals surface area contributed by atoms with E-state index in [-0.39, 0.29) is 12.4 Å². The highest BCUT2D eigenvalue weighted by Crippen LogP contribution is 2.49. The number of benzene rings is 2. The van der Waals surface area contributed by atoms with E-state index < -0.39 is 0 Å². The molecule has 0 fully saturated rings. The van der Waals surface area contributed by atoms with Crippen molar-refractivity contribution >= 4 is 12.4 Å². The highest BCUT2D eigenvalue weighted by Gasteiger charge is 2.36. The molecule has 0 amide bonds. The molecule has 4 heteroatoms. The fraction of sp³-hybridized carbons (Fsp3) is 0.400. The Morgan fingerprint density at radius 2 is 2.08 bits per heavy atom. The summed E-state index contributed by atoms with van der Waals surface area (Å²) in [5.74, 6) is 0.890. The van der Waals surface area contributed by atoms with Gasteiger partial charge in [0.25, 0.3) is 0 Å². The Bertz CT molecular complexity index is 789. The van der Waals surface area contributed by atoms with Gasteiger partial charge >= 0.3 is 0 Å². The minimum absolute atomic E-state index is 0. The van der Waals surface area contributed by atoms with Gasteiger partial charge in [-0.1, -0.05) is 31.2 Å². The molecule has 0 saturated heterocycles. The van der Waals surface area contributed by atoms with Crippen molar-refractivity contribution in [3.63, 3.8) is 0 Å². The second-order valence-corrected chi connectivity index (χ2v) is 6.81. The van der Waals surface area contributed by atoms with Crippen LogP contribution in [0.1, 0.15) is 41.6 Å². The summed E-state index contributed by atoms with van der Waals surface area (Å²) in [6.07, 6.45) is 3.48. The smallest absolute Gasteiger partial charge is 0.171 e. The Morgan fingerprint density at radius 3 is 2.96 bits per heavy atom. The first kappa shape index (κ1) is 15.9. The van der Waals surface area contributed by atoms with Crippen molar-refractivity contribution in [3.8, 4) is 16.9 Å². The lowest BCUT2D eigenvalue weighted by Gasteiger charge is -2.42. The third-order valence-corrected chi connectivity index (χ3v) is 5.54. The van der Waals surface area contributed by atoms with Gasteiger partial charge in [0, 0.05) is 18.2 Å². The van der Waals surface area contributed by atoms with Gasteiger partial charge in [-0.15, -0.1) is 12.4 Å². The summed E-state index contributed by atoms with van der Waals surface area (Å²) in [5.41, 5.74) is 8.52. The maximum atomic E-state index is 5.33. The molecule has 2 aliphatic heterocycles. The van der Waals surface area contributed by atoms with E-state index in [1.165, 1.54) is 47.3 Å². The molecule has 0 bridgehead atoms. The zero-order valence-corrected chi connectivity index (χ0v) is 14.7. The molecular formula is C20H22ClNO2. The second-order valence-electron chi connectivity index (χ2n) is 6.81. The Kier molecular flexibility index (Phi) is 4.03. The first-order chi connectivity index (χ1) is 11.4. The van der Waals surface area contributed by atoms with E-state index in [4.69, 9.17) is 9.78 Å². The predicted molar refractivity (Wildman–Crippen MR) is 96.6 cm³/mol. The Labute approximate surface area is 148 Å². The van der Waals surface area contributed by atoms with Crippen LogP contribution in [0.5, 0.6) is 5.75 Å². The molecule has 0 N–H and O–H groups in total. The fourth-order valence-corrected chi connectivity index (χ4v) is 4.60. The summed E-state index contributed by atoms with van der Waals surface area (Å²) >= 11 is 0. The molecule has 1 unspecified atom stereocenters. The van der Waals surface area contributed by atoms with E-state index in [1.54, 1.807) is 5.56 Å². The number of hydrogen-bond acceptors (Lipinski definition) is 3. The summed E-state index contributed by atoms with van der Waals surface area (Å²) in [5, 5.41) is 0. The van der Waals surface area contributed by atoms with Gasteiger partial charge in [0.15, 0.2) is 5.75 Å². The SMILES string of the molecule is CCCN1CCc2cccc3c2C1Cc1ccc2c(c1-3)COO2.Cl. The topological polar surface area (TPSA) is 21.7 Å². The summed E-state index contributed by atoms with van der Waals surface area (Å²) in [4.78, 5) is 13.2. The van der Waals surface area contributed by atoms with Gasteiger partial charge in [-0.2, -0.15) is 4.89 Å². The summed E-state index contributed by atoms with van der Waals surface area (Å²) in [7, 11) is 0. The normalized spacial score (nSPS) is 20.5. The monoisotopic (exact) mass is 343 g/mol. The molecule has 0 saturated carbocycles. The average molecular weight is 344 g/mol. The maximum absolute atomic E-state index is 5.33. The molecule has 5 rings (SSSR count). The van der Waals surface area contributed by atoms with E-state index in [2.05, 4.69) is 42.2 Å². The van der Waals surface area contributed by atoms with Crippen LogP contribution in [0.4, 0.5) is 0 Å². The second kappa shape index (κ2) is 6.07. The van der Waals surface area contributed by atoms with E-state index in [0.717, 1.165) is 18.6 Å². The third-order valence-electron chi connectivity index (χ3n) is 5.54. The molecule has 0 radical (unpaired) electrons. The van der Waals surface area contributed by atoms with E-state index >= 15 is 0 Å². The van der Waals surface area contributed by atoms with Gasteiger partial charge in [-0.25, -0.2) is 0 Å². The van der Waals surface area contributed by atoms with Gasteiger partial charge in [0.2, 0.25) is 0 Å². The minimum atomic E-state index is 0. The lowest BCUT2D eigenvalue weighted by atomic mass is 9.75. The van der Waals surface area contributed by atoms with Gasteiger partial charge in [0.05, 0.1) is 0 Å². The number of fused-ring (bicyclic) bond motifs is 4. The quantitative estimate of drug-likeness (QED) is 0.751. The molecule has 1 atom stereocenters. The van der Waals surface area contributed by atoms with Crippen LogP contribution in [0.15, 0.2) is 30.3 Å². The molecule has 3 aliphatic rings. The van der Waals surface area contributed by atoms with Crippen molar-refractivity contribution < 1.29 is 9.78 Å². The van der Waals surface area contributed by atoms with Gasteiger partial charge in [0.1, 0.15) is 6.61 Å². The molecule has 2 aromatic rings. The van der Waals surface area contributed by atoms with Crippen molar-refractivity contribution in [1.82, 2.24) is 4.90 Å². The summed E-state index contributed by atoms with van der Waals surface area (Å²) in [6, 6.07) is 11.7. The largest absolute Gasteiger partial charge is 0.337 e. The highest BCUT2D eigenvalue weighted by molar-refractivity contribution is 5.85. The van der Waals surface area contributed by atoms with Crippen molar-refractivity contribution in [2.45, 2.75) is 38.8 Å². The van der Waals surface area contributed by atoms with Crippen LogP contribution in [-0.4, -0.2) is 18.0 Å². The first-order valence-corrected chi connectivity index (χ1v) is 8.67. The van der Waals surface area contributed by atoms with Crippen molar-refractivity contribution in [2.75, 3.05) is 13.1 Å². The predicted octanol–water partition coefficient (Wildman–Crippen LogP) is 4.46. The standard InChI is InChI=1S/C20H21NO2.ClH/c1-2-9-21-10-8-13-4-3-5-15-19-14(11-17(21)20(13)15)6-7-18-16(19)12-22-23-18;/h3-7,17H,2,8-12H2,1H3;1H. The van der Waals surface area contributed by atoms with Crippen LogP contribution in [0.3, 0.4) is 0 Å². The van der Waals surface area contributed by atoms with Crippen LogP contribution in [0, 0.1) is 0 Å². The zero-order chi connectivity index (χ0) is 15.4. The Balaban J connectivity index is 0.00000146. The number of halogens is 1. The average Bonchev–Trinajstić information content (AvgIpc) is 3.06. The third kappa shape index (κ3) is 2.19. The molecule has 0 aromatic heterocycles. The highest BCUT2D eigenvalue weighted by atomic mass is 35.5.